The second-order valence-electron chi connectivity index (χ2n) is 2.86. The fourth-order valence-electron chi connectivity index (χ4n) is 1.35. The van der Waals surface area contributed by atoms with Crippen molar-refractivity contribution in [2.75, 3.05) is 20.3 Å². The van der Waals surface area contributed by atoms with E-state index >= 15 is 0 Å². The molecule has 4 nitrogen and oxygen atoms in total. The predicted octanol–water partition coefficient (Wildman–Crippen LogP) is 1.28. The van der Waals surface area contributed by atoms with E-state index in [1.807, 2.05) is 0 Å². The van der Waals surface area contributed by atoms with Crippen LogP contribution in [0.15, 0.2) is 12.1 Å². The SMILES string of the molecule is COc1cc2c(cc1C=O)OCCO2. The molecule has 74 valence electrons. The summed E-state index contributed by atoms with van der Waals surface area (Å²) in [7, 11) is 1.51. The van der Waals surface area contributed by atoms with E-state index in [2.05, 4.69) is 0 Å². The Balaban J connectivity index is 2.48. The third-order valence-electron chi connectivity index (χ3n) is 2.02. The Labute approximate surface area is 81.4 Å². The summed E-state index contributed by atoms with van der Waals surface area (Å²) in [5.41, 5.74) is 0.469. The quantitative estimate of drug-likeness (QED) is 0.665. The summed E-state index contributed by atoms with van der Waals surface area (Å²) in [6, 6.07) is 3.29. The van der Waals surface area contributed by atoms with E-state index in [0.29, 0.717) is 36.0 Å². The Morgan fingerprint density at radius 2 is 1.93 bits per heavy atom. The molecule has 1 aliphatic heterocycles. The van der Waals surface area contributed by atoms with Gasteiger partial charge in [0.2, 0.25) is 0 Å². The van der Waals surface area contributed by atoms with Crippen molar-refractivity contribution in [3.63, 3.8) is 0 Å². The van der Waals surface area contributed by atoms with Crippen LogP contribution in [0.4, 0.5) is 0 Å². The van der Waals surface area contributed by atoms with E-state index in [1.165, 1.54) is 7.11 Å². The minimum Gasteiger partial charge on any atom is -0.496 e. The van der Waals surface area contributed by atoms with Crippen molar-refractivity contribution in [1.82, 2.24) is 0 Å². The number of carbonyl (C=O) groups excluding carboxylic acids is 1. The summed E-state index contributed by atoms with van der Waals surface area (Å²) in [4.78, 5) is 10.7. The van der Waals surface area contributed by atoms with Crippen LogP contribution in [0.1, 0.15) is 10.4 Å². The summed E-state index contributed by atoms with van der Waals surface area (Å²) in [6.07, 6.45) is 0.733. The molecule has 0 saturated carbocycles. The zero-order chi connectivity index (χ0) is 9.97. The summed E-state index contributed by atoms with van der Waals surface area (Å²) >= 11 is 0. The first-order valence-corrected chi connectivity index (χ1v) is 4.28. The molecule has 0 N–H and O–H groups in total. The van der Waals surface area contributed by atoms with Gasteiger partial charge in [-0.15, -0.1) is 0 Å². The number of ether oxygens (including phenoxy) is 3. The first kappa shape index (κ1) is 8.87. The van der Waals surface area contributed by atoms with Crippen LogP contribution >= 0.6 is 0 Å². The van der Waals surface area contributed by atoms with Crippen molar-refractivity contribution in [2.24, 2.45) is 0 Å². The first-order valence-electron chi connectivity index (χ1n) is 4.28. The van der Waals surface area contributed by atoms with Crippen LogP contribution in [0.2, 0.25) is 0 Å². The van der Waals surface area contributed by atoms with Crippen molar-refractivity contribution >= 4 is 6.29 Å². The number of hydrogen-bond acceptors (Lipinski definition) is 4. The normalized spacial score (nSPS) is 13.5. The van der Waals surface area contributed by atoms with Crippen molar-refractivity contribution in [3.05, 3.63) is 17.7 Å². The highest BCUT2D eigenvalue weighted by Crippen LogP contribution is 2.35. The van der Waals surface area contributed by atoms with Crippen LogP contribution in [-0.2, 0) is 0 Å². The van der Waals surface area contributed by atoms with Gasteiger partial charge in [0.25, 0.3) is 0 Å². The number of carbonyl (C=O) groups is 1. The number of methoxy groups -OCH3 is 1. The lowest BCUT2D eigenvalue weighted by Gasteiger charge is -2.19. The van der Waals surface area contributed by atoms with E-state index in [-0.39, 0.29) is 0 Å². The molecule has 0 atom stereocenters. The largest absolute Gasteiger partial charge is 0.496 e. The van der Waals surface area contributed by atoms with E-state index in [1.54, 1.807) is 12.1 Å². The van der Waals surface area contributed by atoms with Gasteiger partial charge in [-0.1, -0.05) is 0 Å². The molecule has 1 heterocycles. The maximum atomic E-state index is 10.7. The number of rotatable bonds is 2. The number of aldehydes is 1. The van der Waals surface area contributed by atoms with Gasteiger partial charge in [0.15, 0.2) is 17.8 Å². The molecule has 0 unspecified atom stereocenters. The molecule has 0 spiro atoms. The van der Waals surface area contributed by atoms with Crippen molar-refractivity contribution in [1.29, 1.82) is 0 Å². The molecule has 0 amide bonds. The summed E-state index contributed by atoms with van der Waals surface area (Å²) in [5, 5.41) is 0. The second-order valence-corrected chi connectivity index (χ2v) is 2.86. The van der Waals surface area contributed by atoms with Gasteiger partial charge >= 0.3 is 0 Å². The number of fused-ring (bicyclic) bond motifs is 1. The Morgan fingerprint density at radius 1 is 1.29 bits per heavy atom. The average molecular weight is 194 g/mol. The maximum Gasteiger partial charge on any atom is 0.165 e. The molecule has 1 aromatic carbocycles. The highest BCUT2D eigenvalue weighted by atomic mass is 16.6. The highest BCUT2D eigenvalue weighted by molar-refractivity contribution is 5.81. The lowest BCUT2D eigenvalue weighted by Crippen LogP contribution is -2.15. The van der Waals surface area contributed by atoms with Gasteiger partial charge in [0.1, 0.15) is 19.0 Å². The van der Waals surface area contributed by atoms with Gasteiger partial charge in [0, 0.05) is 6.07 Å². The van der Waals surface area contributed by atoms with Crippen molar-refractivity contribution < 1.29 is 19.0 Å². The molecule has 14 heavy (non-hydrogen) atoms. The molecule has 2 rings (SSSR count). The third-order valence-corrected chi connectivity index (χ3v) is 2.02. The van der Waals surface area contributed by atoms with Gasteiger partial charge in [0.05, 0.1) is 12.7 Å². The summed E-state index contributed by atoms with van der Waals surface area (Å²) < 4.78 is 15.7. The fourth-order valence-corrected chi connectivity index (χ4v) is 1.35. The Kier molecular flexibility index (Phi) is 2.26. The summed E-state index contributed by atoms with van der Waals surface area (Å²) in [6.45, 7) is 1.04. The van der Waals surface area contributed by atoms with Crippen molar-refractivity contribution in [3.8, 4) is 17.2 Å². The van der Waals surface area contributed by atoms with E-state index in [4.69, 9.17) is 14.2 Å². The summed E-state index contributed by atoms with van der Waals surface area (Å²) in [5.74, 6) is 1.72. The van der Waals surface area contributed by atoms with Crippen molar-refractivity contribution in [2.45, 2.75) is 0 Å². The number of benzene rings is 1. The average Bonchev–Trinajstić information content (AvgIpc) is 2.27. The van der Waals surface area contributed by atoms with E-state index in [9.17, 15) is 4.79 Å². The lowest BCUT2D eigenvalue weighted by atomic mass is 10.2. The highest BCUT2D eigenvalue weighted by Gasteiger charge is 2.15. The zero-order valence-electron chi connectivity index (χ0n) is 7.78. The minimum absolute atomic E-state index is 0.469. The van der Waals surface area contributed by atoms with Gasteiger partial charge in [-0.3, -0.25) is 4.79 Å². The van der Waals surface area contributed by atoms with Crippen LogP contribution in [-0.4, -0.2) is 26.6 Å². The Hall–Kier alpha value is -1.71. The molecular formula is C10H10O4. The van der Waals surface area contributed by atoms with Gasteiger partial charge in [-0.05, 0) is 6.07 Å². The molecule has 4 heteroatoms. The molecule has 0 aromatic heterocycles. The first-order chi connectivity index (χ1) is 6.85. The topological polar surface area (TPSA) is 44.8 Å². The van der Waals surface area contributed by atoms with Crippen LogP contribution in [0.3, 0.4) is 0 Å². The third kappa shape index (κ3) is 1.39. The van der Waals surface area contributed by atoms with Crippen LogP contribution in [0, 0.1) is 0 Å². The minimum atomic E-state index is 0.469. The van der Waals surface area contributed by atoms with Gasteiger partial charge in [-0.2, -0.15) is 0 Å². The number of hydrogen-bond donors (Lipinski definition) is 0. The van der Waals surface area contributed by atoms with Crippen LogP contribution in [0.5, 0.6) is 17.2 Å². The fraction of sp³-hybridized carbons (Fsp3) is 0.300. The molecule has 0 saturated heterocycles. The zero-order valence-corrected chi connectivity index (χ0v) is 7.78. The van der Waals surface area contributed by atoms with Gasteiger partial charge < -0.3 is 14.2 Å². The molecule has 0 bridgehead atoms. The Bertz CT molecular complexity index is 359. The molecule has 0 fully saturated rings. The Morgan fingerprint density at radius 3 is 2.50 bits per heavy atom. The molecule has 0 radical (unpaired) electrons. The van der Waals surface area contributed by atoms with Gasteiger partial charge in [-0.25, -0.2) is 0 Å². The standard InChI is InChI=1S/C10H10O4/c1-12-8-5-10-9(4-7(8)6-11)13-2-3-14-10/h4-6H,2-3H2,1H3. The van der Waals surface area contributed by atoms with Crippen LogP contribution in [0.25, 0.3) is 0 Å². The molecule has 1 aliphatic rings. The molecule has 1 aromatic rings. The van der Waals surface area contributed by atoms with E-state index in [0.717, 1.165) is 6.29 Å². The predicted molar refractivity (Wildman–Crippen MR) is 49.4 cm³/mol. The molecular weight excluding hydrogens is 184 g/mol. The monoisotopic (exact) mass is 194 g/mol. The lowest BCUT2D eigenvalue weighted by molar-refractivity contribution is 0.111. The smallest absolute Gasteiger partial charge is 0.165 e. The maximum absolute atomic E-state index is 10.7. The van der Waals surface area contributed by atoms with E-state index < -0.39 is 0 Å². The second kappa shape index (κ2) is 3.57. The molecule has 0 aliphatic carbocycles. The van der Waals surface area contributed by atoms with Crippen LogP contribution < -0.4 is 14.2 Å².